The maximum Gasteiger partial charge on any atom is 0.306 e. The molecule has 2 heterocycles. The summed E-state index contributed by atoms with van der Waals surface area (Å²) in [6.07, 6.45) is 16.2. The Morgan fingerprint density at radius 2 is 1.02 bits per heavy atom. The lowest BCUT2D eigenvalue weighted by Gasteiger charge is -2.42. The Hall–Kier alpha value is -2.54. The SMILES string of the molecule is CCCCC/C=C/C/C=C/C/C=C/C/C=C/CCCC(=O)OC[C@@H](CO[C@@H]1O[C@H](CO[C@@H]2O[C@H](CO)[C@H](O)C(O)C2O)[C@H](O)C(O)C1O)OC(=O)CCCCCCCCC. The molecule has 0 aromatic carbocycles. The second kappa shape index (κ2) is 33.1. The summed E-state index contributed by atoms with van der Waals surface area (Å²) in [7, 11) is 0. The average Bonchev–Trinajstić information content (AvgIpc) is 3.24. The molecular formula is C45H76O15. The van der Waals surface area contributed by atoms with E-state index in [1.165, 1.54) is 25.7 Å². The van der Waals surface area contributed by atoms with Crippen LogP contribution in [0, 0.1) is 0 Å². The molecule has 11 atom stereocenters. The van der Waals surface area contributed by atoms with Crippen molar-refractivity contribution in [3.05, 3.63) is 48.6 Å². The van der Waals surface area contributed by atoms with Gasteiger partial charge in [0.25, 0.3) is 0 Å². The normalized spacial score (nSPS) is 28.0. The van der Waals surface area contributed by atoms with Gasteiger partial charge < -0.3 is 64.2 Å². The van der Waals surface area contributed by atoms with Crippen LogP contribution in [-0.2, 0) is 38.0 Å². The fourth-order valence-electron chi connectivity index (χ4n) is 6.56. The number of esters is 2. The van der Waals surface area contributed by atoms with E-state index in [1.54, 1.807) is 0 Å². The van der Waals surface area contributed by atoms with Crippen molar-refractivity contribution in [3.8, 4) is 0 Å². The number of allylic oxidation sites excluding steroid dienone is 8. The number of aliphatic hydroxyl groups is 7. The topological polar surface area (TPSA) is 231 Å². The molecule has 2 fully saturated rings. The summed E-state index contributed by atoms with van der Waals surface area (Å²) < 4.78 is 33.3. The van der Waals surface area contributed by atoms with Gasteiger partial charge in [0, 0.05) is 12.8 Å². The lowest BCUT2D eigenvalue weighted by atomic mass is 9.98. The van der Waals surface area contributed by atoms with Gasteiger partial charge in [0.05, 0.1) is 19.8 Å². The minimum Gasteiger partial charge on any atom is -0.462 e. The van der Waals surface area contributed by atoms with Crippen molar-refractivity contribution in [2.75, 3.05) is 26.4 Å². The molecule has 0 saturated carbocycles. The number of aliphatic hydroxyl groups excluding tert-OH is 7. The largest absolute Gasteiger partial charge is 0.462 e. The van der Waals surface area contributed by atoms with Crippen molar-refractivity contribution in [2.24, 2.45) is 0 Å². The fourth-order valence-corrected chi connectivity index (χ4v) is 6.56. The Bertz CT molecular complexity index is 1240. The van der Waals surface area contributed by atoms with Crippen LogP contribution in [0.5, 0.6) is 0 Å². The van der Waals surface area contributed by atoms with Crippen molar-refractivity contribution >= 4 is 11.9 Å². The van der Waals surface area contributed by atoms with Gasteiger partial charge in [-0.05, 0) is 51.4 Å². The standard InChI is InChI=1S/C45H76O15/c1-3-5-7-9-11-12-13-14-15-16-17-18-19-20-22-23-25-27-36(47)55-30-33(58-37(48)28-26-24-21-10-8-6-4-2)31-56-44-43(54)41(52)39(50)35(60-44)32-57-45-42(53)40(51)38(49)34(29-46)59-45/h11-12,14-15,17-18,20,22,33-35,38-46,49-54H,3-10,13,16,19,21,23-32H2,1-2H3/b12-11+,15-14+,18-17+,22-20+/t33-,34+,35+,38-,39-,40?,41?,42?,43?,44+,45+/m0/s1. The first-order valence-electron chi connectivity index (χ1n) is 22.2. The molecule has 0 aliphatic carbocycles. The molecule has 2 aliphatic rings. The third-order valence-electron chi connectivity index (χ3n) is 10.3. The van der Waals surface area contributed by atoms with Gasteiger partial charge in [-0.1, -0.05) is 114 Å². The predicted octanol–water partition coefficient (Wildman–Crippen LogP) is 4.37. The highest BCUT2D eigenvalue weighted by molar-refractivity contribution is 5.70. The summed E-state index contributed by atoms with van der Waals surface area (Å²) in [6.45, 7) is 2.41. The van der Waals surface area contributed by atoms with Gasteiger partial charge in [-0.15, -0.1) is 0 Å². The van der Waals surface area contributed by atoms with E-state index in [1.807, 2.05) is 12.2 Å². The Labute approximate surface area is 357 Å². The van der Waals surface area contributed by atoms with Crippen LogP contribution in [-0.4, -0.2) is 142 Å². The zero-order valence-corrected chi connectivity index (χ0v) is 35.9. The van der Waals surface area contributed by atoms with Crippen molar-refractivity contribution < 1.29 is 73.8 Å². The van der Waals surface area contributed by atoms with E-state index in [0.717, 1.165) is 57.8 Å². The van der Waals surface area contributed by atoms with Gasteiger partial charge in [-0.3, -0.25) is 9.59 Å². The van der Waals surface area contributed by atoms with Crippen LogP contribution < -0.4 is 0 Å². The van der Waals surface area contributed by atoms with E-state index in [2.05, 4.69) is 50.3 Å². The first kappa shape index (κ1) is 53.6. The van der Waals surface area contributed by atoms with Crippen LogP contribution >= 0.6 is 0 Å². The molecule has 15 heteroatoms. The van der Waals surface area contributed by atoms with Gasteiger partial charge in [0.2, 0.25) is 0 Å². The number of hydrogen-bond donors (Lipinski definition) is 7. The molecule has 15 nitrogen and oxygen atoms in total. The molecule has 2 aliphatic heterocycles. The van der Waals surface area contributed by atoms with Gasteiger partial charge >= 0.3 is 11.9 Å². The van der Waals surface area contributed by atoms with Crippen molar-refractivity contribution in [1.82, 2.24) is 0 Å². The number of carbonyl (C=O) groups excluding carboxylic acids is 2. The van der Waals surface area contributed by atoms with Crippen molar-refractivity contribution in [3.63, 3.8) is 0 Å². The fraction of sp³-hybridized carbons (Fsp3) is 0.778. The summed E-state index contributed by atoms with van der Waals surface area (Å²) in [5.41, 5.74) is 0. The van der Waals surface area contributed by atoms with Crippen LogP contribution in [0.2, 0.25) is 0 Å². The molecule has 4 unspecified atom stereocenters. The van der Waals surface area contributed by atoms with Crippen LogP contribution in [0.1, 0.15) is 129 Å². The van der Waals surface area contributed by atoms with Crippen LogP contribution in [0.15, 0.2) is 48.6 Å². The molecule has 0 radical (unpaired) electrons. The molecule has 0 bridgehead atoms. The summed E-state index contributed by atoms with van der Waals surface area (Å²) in [6, 6.07) is 0. The predicted molar refractivity (Wildman–Crippen MR) is 224 cm³/mol. The van der Waals surface area contributed by atoms with Crippen molar-refractivity contribution in [2.45, 2.75) is 197 Å². The lowest BCUT2D eigenvalue weighted by Crippen LogP contribution is -2.61. The molecular weight excluding hydrogens is 780 g/mol. The Balaban J connectivity index is 1.85. The van der Waals surface area contributed by atoms with Gasteiger partial charge in [-0.2, -0.15) is 0 Å². The maximum atomic E-state index is 12.8. The summed E-state index contributed by atoms with van der Waals surface area (Å²) >= 11 is 0. The second-order valence-corrected chi connectivity index (χ2v) is 15.5. The van der Waals surface area contributed by atoms with E-state index in [9.17, 15) is 45.3 Å². The minimum absolute atomic E-state index is 0.141. The molecule has 346 valence electrons. The Kier molecular flexibility index (Phi) is 29.5. The van der Waals surface area contributed by atoms with Gasteiger partial charge in [-0.25, -0.2) is 0 Å². The second-order valence-electron chi connectivity index (χ2n) is 15.5. The number of ether oxygens (including phenoxy) is 6. The smallest absolute Gasteiger partial charge is 0.306 e. The number of carbonyl (C=O) groups is 2. The summed E-state index contributed by atoms with van der Waals surface area (Å²) in [5.74, 6) is -1.00. The van der Waals surface area contributed by atoms with E-state index >= 15 is 0 Å². The lowest BCUT2D eigenvalue weighted by molar-refractivity contribution is -0.332. The van der Waals surface area contributed by atoms with Gasteiger partial charge in [0.15, 0.2) is 18.7 Å². The quantitative estimate of drug-likeness (QED) is 0.0283. The molecule has 2 rings (SSSR count). The monoisotopic (exact) mass is 857 g/mol. The molecule has 7 N–H and O–H groups in total. The van der Waals surface area contributed by atoms with Crippen LogP contribution in [0.25, 0.3) is 0 Å². The Morgan fingerprint density at radius 1 is 0.533 bits per heavy atom. The minimum atomic E-state index is -1.77. The first-order chi connectivity index (χ1) is 29.0. The highest BCUT2D eigenvalue weighted by atomic mass is 16.7. The summed E-state index contributed by atoms with van der Waals surface area (Å²) in [5, 5.41) is 71.7. The molecule has 60 heavy (non-hydrogen) atoms. The zero-order valence-electron chi connectivity index (χ0n) is 35.9. The van der Waals surface area contributed by atoms with Gasteiger partial charge in [0.1, 0.15) is 55.4 Å². The van der Waals surface area contributed by atoms with E-state index in [4.69, 9.17) is 28.4 Å². The molecule has 0 aromatic rings. The third kappa shape index (κ3) is 22.0. The number of rotatable bonds is 32. The number of unbranched alkanes of at least 4 members (excludes halogenated alkanes) is 10. The molecule has 0 spiro atoms. The molecule has 0 amide bonds. The highest BCUT2D eigenvalue weighted by Crippen LogP contribution is 2.26. The van der Waals surface area contributed by atoms with Crippen LogP contribution in [0.4, 0.5) is 0 Å². The molecule has 2 saturated heterocycles. The van der Waals surface area contributed by atoms with E-state index in [-0.39, 0.29) is 19.4 Å². The highest BCUT2D eigenvalue weighted by Gasteiger charge is 2.47. The van der Waals surface area contributed by atoms with Crippen molar-refractivity contribution in [1.29, 1.82) is 0 Å². The third-order valence-corrected chi connectivity index (χ3v) is 10.3. The van der Waals surface area contributed by atoms with Crippen LogP contribution in [0.3, 0.4) is 0 Å². The summed E-state index contributed by atoms with van der Waals surface area (Å²) in [4.78, 5) is 25.4. The maximum absolute atomic E-state index is 12.8. The number of hydrogen-bond acceptors (Lipinski definition) is 15. The Morgan fingerprint density at radius 3 is 1.62 bits per heavy atom. The average molecular weight is 857 g/mol. The van der Waals surface area contributed by atoms with E-state index < -0.39 is 99.3 Å². The first-order valence-corrected chi connectivity index (χ1v) is 22.2. The van der Waals surface area contributed by atoms with E-state index in [0.29, 0.717) is 19.3 Å². The molecule has 0 aromatic heterocycles. The zero-order chi connectivity index (χ0) is 44.0.